The lowest BCUT2D eigenvalue weighted by atomic mass is 10.0. The van der Waals surface area contributed by atoms with Gasteiger partial charge in [-0.25, -0.2) is 0 Å². The third kappa shape index (κ3) is 4.11. The number of rotatable bonds is 4. The molecule has 1 heterocycles. The summed E-state index contributed by atoms with van der Waals surface area (Å²) < 4.78 is 6.20. The molecule has 0 aromatic carbocycles. The number of hydrogen-bond acceptors (Lipinski definition) is 2. The highest BCUT2D eigenvalue weighted by Crippen LogP contribution is 2.28. The van der Waals surface area contributed by atoms with E-state index in [9.17, 15) is 0 Å². The Hall–Kier alpha value is 0.137. The molecule has 0 aromatic heterocycles. The summed E-state index contributed by atoms with van der Waals surface area (Å²) >= 11 is 0. The first-order valence-electron chi connectivity index (χ1n) is 5.86. The Labute approximate surface area is 89.6 Å². The van der Waals surface area contributed by atoms with E-state index in [2.05, 4.69) is 25.3 Å². The van der Waals surface area contributed by atoms with E-state index < -0.39 is 8.32 Å². The van der Waals surface area contributed by atoms with E-state index in [1.165, 1.54) is 25.3 Å². The molecule has 0 saturated carbocycles. The van der Waals surface area contributed by atoms with Gasteiger partial charge < -0.3 is 9.74 Å². The van der Waals surface area contributed by atoms with Crippen molar-refractivity contribution in [1.82, 2.24) is 5.32 Å². The van der Waals surface area contributed by atoms with Crippen molar-refractivity contribution >= 4 is 8.32 Å². The van der Waals surface area contributed by atoms with Gasteiger partial charge in [-0.05, 0) is 51.5 Å². The molecule has 1 aliphatic rings. The van der Waals surface area contributed by atoms with Crippen LogP contribution in [-0.2, 0) is 4.43 Å². The van der Waals surface area contributed by atoms with Crippen LogP contribution in [0.15, 0.2) is 0 Å². The van der Waals surface area contributed by atoms with Crippen molar-refractivity contribution in [1.29, 1.82) is 0 Å². The van der Waals surface area contributed by atoms with Gasteiger partial charge in [-0.1, -0.05) is 13.3 Å². The molecule has 0 radical (unpaired) electrons. The summed E-state index contributed by atoms with van der Waals surface area (Å²) in [5, 5.41) is 3.23. The number of nitrogens with one attached hydrogen (secondary N) is 1. The Morgan fingerprint density at radius 1 is 1.50 bits per heavy atom. The lowest BCUT2D eigenvalue weighted by molar-refractivity contribution is 0.134. The minimum Gasteiger partial charge on any atom is -0.414 e. The summed E-state index contributed by atoms with van der Waals surface area (Å²) in [5.74, 6) is 0.743. The molecule has 14 heavy (non-hydrogen) atoms. The van der Waals surface area contributed by atoms with Gasteiger partial charge in [0.1, 0.15) is 0 Å². The maximum Gasteiger partial charge on any atom is 0.187 e. The molecule has 0 aromatic rings. The van der Waals surface area contributed by atoms with Gasteiger partial charge in [-0.15, -0.1) is 0 Å². The topological polar surface area (TPSA) is 21.3 Å². The fraction of sp³-hybridized carbons (Fsp3) is 1.00. The summed E-state index contributed by atoms with van der Waals surface area (Å²) in [6.45, 7) is 8.12. The number of hydrogen-bond donors (Lipinski definition) is 1. The predicted molar refractivity (Wildman–Crippen MR) is 64.1 cm³/mol. The zero-order chi connectivity index (χ0) is 10.6. The van der Waals surface area contributed by atoms with Crippen LogP contribution < -0.4 is 5.32 Å². The van der Waals surface area contributed by atoms with E-state index in [1.807, 2.05) is 7.05 Å². The van der Waals surface area contributed by atoms with Crippen LogP contribution in [0.3, 0.4) is 0 Å². The Morgan fingerprint density at radius 3 is 2.79 bits per heavy atom. The van der Waals surface area contributed by atoms with Gasteiger partial charge in [0.05, 0.1) is 0 Å². The van der Waals surface area contributed by atoms with E-state index in [4.69, 9.17) is 4.43 Å². The summed E-state index contributed by atoms with van der Waals surface area (Å²) in [4.78, 5) is 0. The van der Waals surface area contributed by atoms with Crippen LogP contribution in [0.2, 0.25) is 19.1 Å². The standard InChI is InChI=1S/C11H25NOSi/c1-10(9-12-2)8-11-6-5-7-14(3,4)13-11/h10-12H,5-9H2,1-4H3. The van der Waals surface area contributed by atoms with Gasteiger partial charge in [-0.2, -0.15) is 0 Å². The van der Waals surface area contributed by atoms with Crippen molar-refractivity contribution in [2.75, 3.05) is 13.6 Å². The second-order valence-electron chi connectivity index (χ2n) is 5.29. The van der Waals surface area contributed by atoms with Crippen LogP contribution in [0.5, 0.6) is 0 Å². The van der Waals surface area contributed by atoms with Gasteiger partial charge in [-0.3, -0.25) is 0 Å². The molecule has 2 nitrogen and oxygen atoms in total. The van der Waals surface area contributed by atoms with Gasteiger partial charge in [0, 0.05) is 6.10 Å². The first kappa shape index (κ1) is 12.2. The maximum atomic E-state index is 6.20. The van der Waals surface area contributed by atoms with Crippen molar-refractivity contribution in [3.63, 3.8) is 0 Å². The van der Waals surface area contributed by atoms with E-state index >= 15 is 0 Å². The van der Waals surface area contributed by atoms with Gasteiger partial charge >= 0.3 is 0 Å². The molecule has 0 bridgehead atoms. The SMILES string of the molecule is CNCC(C)CC1CCC[Si](C)(C)O1. The summed E-state index contributed by atoms with van der Waals surface area (Å²) in [6, 6.07) is 1.35. The summed E-state index contributed by atoms with van der Waals surface area (Å²) in [7, 11) is 0.761. The highest BCUT2D eigenvalue weighted by atomic mass is 28.4. The molecule has 2 atom stereocenters. The third-order valence-corrected chi connectivity index (χ3v) is 5.54. The van der Waals surface area contributed by atoms with Gasteiger partial charge in [0.2, 0.25) is 0 Å². The molecule has 1 rings (SSSR count). The van der Waals surface area contributed by atoms with Crippen LogP contribution in [0, 0.1) is 5.92 Å². The van der Waals surface area contributed by atoms with Crippen LogP contribution in [0.4, 0.5) is 0 Å². The predicted octanol–water partition coefficient (Wildman–Crippen LogP) is 2.62. The van der Waals surface area contributed by atoms with Crippen molar-refractivity contribution < 1.29 is 4.43 Å². The molecule has 1 saturated heterocycles. The summed E-state index contributed by atoms with van der Waals surface area (Å²) in [6.07, 6.45) is 4.45. The second-order valence-corrected chi connectivity index (χ2v) is 9.55. The maximum absolute atomic E-state index is 6.20. The minimum absolute atomic E-state index is 0.550. The van der Waals surface area contributed by atoms with Crippen LogP contribution in [-0.4, -0.2) is 28.0 Å². The fourth-order valence-electron chi connectivity index (χ4n) is 2.37. The lowest BCUT2D eigenvalue weighted by Crippen LogP contribution is -2.40. The molecular weight excluding hydrogens is 190 g/mol. The zero-order valence-corrected chi connectivity index (χ0v) is 11.1. The molecule has 1 N–H and O–H groups in total. The molecule has 1 fully saturated rings. The molecule has 84 valence electrons. The molecule has 1 aliphatic heterocycles. The fourth-order valence-corrected chi connectivity index (χ4v) is 4.66. The lowest BCUT2D eigenvalue weighted by Gasteiger charge is -2.35. The largest absolute Gasteiger partial charge is 0.414 e. The quantitative estimate of drug-likeness (QED) is 0.728. The van der Waals surface area contributed by atoms with Gasteiger partial charge in [0.15, 0.2) is 8.32 Å². The van der Waals surface area contributed by atoms with E-state index in [-0.39, 0.29) is 0 Å². The Morgan fingerprint density at radius 2 is 2.21 bits per heavy atom. The zero-order valence-electron chi connectivity index (χ0n) is 10.1. The van der Waals surface area contributed by atoms with Crippen molar-refractivity contribution in [2.45, 2.75) is 51.4 Å². The van der Waals surface area contributed by atoms with Crippen LogP contribution >= 0.6 is 0 Å². The van der Waals surface area contributed by atoms with Crippen molar-refractivity contribution in [3.05, 3.63) is 0 Å². The molecule has 3 heteroatoms. The Bertz CT molecular complexity index is 173. The van der Waals surface area contributed by atoms with Crippen molar-refractivity contribution in [2.24, 2.45) is 5.92 Å². The molecule has 0 aliphatic carbocycles. The monoisotopic (exact) mass is 215 g/mol. The third-order valence-electron chi connectivity index (χ3n) is 3.01. The average Bonchev–Trinajstić information content (AvgIpc) is 2.02. The first-order chi connectivity index (χ1) is 6.53. The van der Waals surface area contributed by atoms with Crippen LogP contribution in [0.1, 0.15) is 26.2 Å². The van der Waals surface area contributed by atoms with Crippen molar-refractivity contribution in [3.8, 4) is 0 Å². The highest BCUT2D eigenvalue weighted by molar-refractivity contribution is 6.71. The van der Waals surface area contributed by atoms with Crippen LogP contribution in [0.25, 0.3) is 0 Å². The van der Waals surface area contributed by atoms with E-state index in [0.29, 0.717) is 6.10 Å². The van der Waals surface area contributed by atoms with E-state index in [1.54, 1.807) is 0 Å². The molecule has 0 amide bonds. The molecular formula is C11H25NOSi. The molecule has 2 unspecified atom stereocenters. The van der Waals surface area contributed by atoms with E-state index in [0.717, 1.165) is 12.5 Å². The first-order valence-corrected chi connectivity index (χ1v) is 8.97. The Kier molecular flexibility index (Phi) is 4.61. The second kappa shape index (κ2) is 5.28. The van der Waals surface area contributed by atoms with Gasteiger partial charge in [0.25, 0.3) is 0 Å². The smallest absolute Gasteiger partial charge is 0.187 e. The normalized spacial score (nSPS) is 28.7. The molecule has 0 spiro atoms. The summed E-state index contributed by atoms with van der Waals surface area (Å²) in [5.41, 5.74) is 0. The Balaban J connectivity index is 2.30. The minimum atomic E-state index is -1.26. The average molecular weight is 215 g/mol. The highest BCUT2D eigenvalue weighted by Gasteiger charge is 2.31.